The van der Waals surface area contributed by atoms with Gasteiger partial charge in [0.1, 0.15) is 12.2 Å². The number of amides is 1. The zero-order valence-corrected chi connectivity index (χ0v) is 20.0. The van der Waals surface area contributed by atoms with Crippen LogP contribution in [0.2, 0.25) is 0 Å². The monoisotopic (exact) mass is 494 g/mol. The minimum atomic E-state index is -0.533. The Balaban J connectivity index is 1.08. The molecule has 3 aromatic carbocycles. The van der Waals surface area contributed by atoms with Crippen LogP contribution >= 0.6 is 0 Å². The number of anilines is 2. The lowest BCUT2D eigenvalue weighted by molar-refractivity contribution is 0.00917. The number of benzene rings is 3. The van der Waals surface area contributed by atoms with Crippen molar-refractivity contribution >= 4 is 17.7 Å². The molecule has 1 amide bonds. The first-order valence-corrected chi connectivity index (χ1v) is 12.2. The summed E-state index contributed by atoms with van der Waals surface area (Å²) < 4.78 is 17.5. The average Bonchev–Trinajstić information content (AvgIpc) is 3.53. The Morgan fingerprint density at radius 1 is 0.784 bits per heavy atom. The van der Waals surface area contributed by atoms with Gasteiger partial charge in [-0.05, 0) is 29.3 Å². The molecule has 2 N–H and O–H groups in total. The number of nitrogens with one attached hydrogen (secondary N) is 2. The van der Waals surface area contributed by atoms with Gasteiger partial charge in [0, 0.05) is 17.4 Å². The Morgan fingerprint density at radius 3 is 2.24 bits per heavy atom. The number of hydrogen-bond acceptors (Lipinski definition) is 7. The van der Waals surface area contributed by atoms with Gasteiger partial charge in [-0.15, -0.1) is 0 Å². The number of carbonyl (C=O) groups excluding carboxylic acids is 1. The molecule has 8 heteroatoms. The third-order valence-electron chi connectivity index (χ3n) is 6.54. The normalized spacial score (nSPS) is 22.3. The van der Waals surface area contributed by atoms with Gasteiger partial charge < -0.3 is 19.5 Å². The van der Waals surface area contributed by atoms with Crippen molar-refractivity contribution in [3.05, 3.63) is 97.2 Å². The van der Waals surface area contributed by atoms with Crippen LogP contribution in [0.15, 0.2) is 97.2 Å². The molecule has 2 aliphatic heterocycles. The number of rotatable bonds is 6. The highest BCUT2D eigenvalue weighted by atomic mass is 16.6. The van der Waals surface area contributed by atoms with Crippen LogP contribution in [0.5, 0.6) is 0 Å². The average molecular weight is 495 g/mol. The second-order valence-corrected chi connectivity index (χ2v) is 8.99. The zero-order chi connectivity index (χ0) is 25.0. The summed E-state index contributed by atoms with van der Waals surface area (Å²) >= 11 is 0. The van der Waals surface area contributed by atoms with Crippen molar-refractivity contribution in [3.8, 4) is 22.4 Å². The Morgan fingerprint density at radius 2 is 1.46 bits per heavy atom. The zero-order valence-electron chi connectivity index (χ0n) is 20.0. The van der Waals surface area contributed by atoms with E-state index >= 15 is 0 Å². The third kappa shape index (κ3) is 5.16. The highest BCUT2D eigenvalue weighted by molar-refractivity contribution is 5.84. The van der Waals surface area contributed by atoms with E-state index < -0.39 is 12.2 Å². The second kappa shape index (κ2) is 10.4. The van der Waals surface area contributed by atoms with Gasteiger partial charge in [-0.2, -0.15) is 0 Å². The molecule has 0 unspecified atom stereocenters. The number of para-hydroxylation sites is 1. The molecular weight excluding hydrogens is 468 g/mol. The van der Waals surface area contributed by atoms with Crippen LogP contribution in [-0.2, 0) is 14.2 Å². The fourth-order valence-corrected chi connectivity index (χ4v) is 4.71. The van der Waals surface area contributed by atoms with Crippen molar-refractivity contribution in [2.75, 3.05) is 23.8 Å². The van der Waals surface area contributed by atoms with Crippen molar-refractivity contribution in [1.82, 2.24) is 9.97 Å². The summed E-state index contributed by atoms with van der Waals surface area (Å²) in [4.78, 5) is 21.4. The number of fused-ring (bicyclic) bond motifs is 1. The largest absolute Gasteiger partial charge is 0.441 e. The molecule has 4 atom stereocenters. The number of hydrogen-bond donors (Lipinski definition) is 2. The number of nitrogens with zero attached hydrogens (tertiary/aromatic N) is 2. The molecule has 3 heterocycles. The SMILES string of the molecule is O=C(Nc1ccccc1)O[C@@H]1CO[C@H]2[C@@H]1OC[C@@H]2Nc1nccc(-c2ccc(-c3ccccc3)cc2)n1. The fourth-order valence-electron chi connectivity index (χ4n) is 4.71. The quantitative estimate of drug-likeness (QED) is 0.389. The maximum atomic E-state index is 12.3. The first-order chi connectivity index (χ1) is 18.2. The summed E-state index contributed by atoms with van der Waals surface area (Å²) in [6.07, 6.45) is 0.0867. The molecule has 8 nitrogen and oxygen atoms in total. The highest BCUT2D eigenvalue weighted by Crippen LogP contribution is 2.31. The van der Waals surface area contributed by atoms with Crippen molar-refractivity contribution in [1.29, 1.82) is 0 Å². The number of aromatic nitrogens is 2. The molecule has 0 saturated carbocycles. The molecule has 0 bridgehead atoms. The first-order valence-electron chi connectivity index (χ1n) is 12.2. The summed E-state index contributed by atoms with van der Waals surface area (Å²) in [6.45, 7) is 0.666. The Bertz CT molecular complexity index is 1350. The van der Waals surface area contributed by atoms with E-state index in [1.165, 1.54) is 5.56 Å². The van der Waals surface area contributed by atoms with Gasteiger partial charge in [0.05, 0.1) is 24.9 Å². The van der Waals surface area contributed by atoms with E-state index in [2.05, 4.69) is 52.0 Å². The van der Waals surface area contributed by atoms with Crippen molar-refractivity contribution < 1.29 is 19.0 Å². The lowest BCUT2D eigenvalue weighted by atomic mass is 10.0. The van der Waals surface area contributed by atoms with E-state index in [-0.39, 0.29) is 24.9 Å². The summed E-state index contributed by atoms with van der Waals surface area (Å²) in [7, 11) is 0. The molecule has 186 valence electrons. The lowest BCUT2D eigenvalue weighted by Crippen LogP contribution is -2.38. The van der Waals surface area contributed by atoms with Crippen molar-refractivity contribution in [2.45, 2.75) is 24.4 Å². The maximum Gasteiger partial charge on any atom is 0.412 e. The van der Waals surface area contributed by atoms with Gasteiger partial charge in [-0.1, -0.05) is 72.8 Å². The Kier molecular flexibility index (Phi) is 6.49. The number of ether oxygens (including phenoxy) is 3. The molecule has 4 aromatic rings. The topological polar surface area (TPSA) is 94.6 Å². The van der Waals surface area contributed by atoms with Gasteiger partial charge >= 0.3 is 6.09 Å². The van der Waals surface area contributed by atoms with Crippen molar-refractivity contribution in [3.63, 3.8) is 0 Å². The molecule has 2 fully saturated rings. The molecule has 1 aromatic heterocycles. The van der Waals surface area contributed by atoms with Gasteiger partial charge in [0.2, 0.25) is 5.95 Å². The smallest absolute Gasteiger partial charge is 0.412 e. The Hall–Kier alpha value is -4.27. The third-order valence-corrected chi connectivity index (χ3v) is 6.54. The van der Waals surface area contributed by atoms with Crippen LogP contribution < -0.4 is 10.6 Å². The molecule has 0 radical (unpaired) electrons. The van der Waals surface area contributed by atoms with Crippen LogP contribution in [0.3, 0.4) is 0 Å². The maximum absolute atomic E-state index is 12.3. The molecular formula is C29H26N4O4. The molecule has 0 spiro atoms. The second-order valence-electron chi connectivity index (χ2n) is 8.99. The molecule has 2 aliphatic rings. The molecule has 37 heavy (non-hydrogen) atoms. The van der Waals surface area contributed by atoms with E-state index in [0.29, 0.717) is 18.2 Å². The standard InChI is InChI=1S/C29H26N4O4/c34-29(31-22-9-5-2-6-10-22)37-25-18-36-26-24(17-35-27(25)26)33-28-30-16-15-23(32-28)21-13-11-20(12-14-21)19-7-3-1-4-8-19/h1-16,24-27H,17-18H2,(H,31,34)(H,30,32,33)/t24-,25+,26+,27+/m0/s1. The molecule has 0 aliphatic carbocycles. The summed E-state index contributed by atoms with van der Waals surface area (Å²) in [6, 6.07) is 29.5. The summed E-state index contributed by atoms with van der Waals surface area (Å²) in [5.41, 5.74) is 4.81. The molecule has 6 rings (SSSR count). The minimum Gasteiger partial charge on any atom is -0.441 e. The van der Waals surface area contributed by atoms with E-state index in [9.17, 15) is 4.79 Å². The number of carbonyl (C=O) groups is 1. The summed E-state index contributed by atoms with van der Waals surface area (Å²) in [5.74, 6) is 0.494. The highest BCUT2D eigenvalue weighted by Gasteiger charge is 2.49. The predicted octanol–water partition coefficient (Wildman–Crippen LogP) is 5.01. The lowest BCUT2D eigenvalue weighted by Gasteiger charge is -2.18. The van der Waals surface area contributed by atoms with Gasteiger partial charge in [0.15, 0.2) is 6.10 Å². The van der Waals surface area contributed by atoms with Crippen LogP contribution in [0, 0.1) is 0 Å². The van der Waals surface area contributed by atoms with E-state index in [0.717, 1.165) is 16.8 Å². The van der Waals surface area contributed by atoms with E-state index in [1.54, 1.807) is 18.3 Å². The van der Waals surface area contributed by atoms with E-state index in [4.69, 9.17) is 19.2 Å². The first kappa shape index (κ1) is 23.1. The van der Waals surface area contributed by atoms with Crippen LogP contribution in [0.4, 0.5) is 16.4 Å². The predicted molar refractivity (Wildman–Crippen MR) is 140 cm³/mol. The van der Waals surface area contributed by atoms with Crippen LogP contribution in [0.1, 0.15) is 0 Å². The summed E-state index contributed by atoms with van der Waals surface area (Å²) in [5, 5.41) is 6.07. The minimum absolute atomic E-state index is 0.161. The van der Waals surface area contributed by atoms with Crippen LogP contribution in [-0.4, -0.2) is 53.6 Å². The fraction of sp³-hybridized carbons (Fsp3) is 0.207. The van der Waals surface area contributed by atoms with Gasteiger partial charge in [0.25, 0.3) is 0 Å². The van der Waals surface area contributed by atoms with Crippen molar-refractivity contribution in [2.24, 2.45) is 0 Å². The van der Waals surface area contributed by atoms with Gasteiger partial charge in [-0.25, -0.2) is 14.8 Å². The van der Waals surface area contributed by atoms with E-state index in [1.807, 2.05) is 42.5 Å². The van der Waals surface area contributed by atoms with Crippen LogP contribution in [0.25, 0.3) is 22.4 Å². The molecule has 2 saturated heterocycles. The Labute approximate surface area is 214 Å². The van der Waals surface area contributed by atoms with Gasteiger partial charge in [-0.3, -0.25) is 5.32 Å².